The zero-order valence-electron chi connectivity index (χ0n) is 17.9. The third-order valence-electron chi connectivity index (χ3n) is 5.66. The maximum Gasteiger partial charge on any atom is 0.410 e. The number of hydrogen-bond acceptors (Lipinski definition) is 6. The monoisotopic (exact) mass is 438 g/mol. The highest BCUT2D eigenvalue weighted by Crippen LogP contribution is 2.31. The first-order chi connectivity index (χ1) is 15.4. The molecule has 1 fully saturated rings. The molecule has 2 aliphatic rings. The predicted octanol–water partition coefficient (Wildman–Crippen LogP) is 1.46. The number of rotatable bonds is 3. The van der Waals surface area contributed by atoms with E-state index in [1.54, 1.807) is 35.0 Å². The highest BCUT2D eigenvalue weighted by Gasteiger charge is 2.29. The van der Waals surface area contributed by atoms with Gasteiger partial charge in [-0.05, 0) is 23.8 Å². The Morgan fingerprint density at radius 2 is 1.75 bits per heavy atom. The zero-order chi connectivity index (χ0) is 22.7. The number of hydrogen-bond donors (Lipinski definition) is 1. The number of carbonyl (C=O) groups is 3. The molecule has 2 aliphatic heterocycles. The Kier molecular flexibility index (Phi) is 6.27. The van der Waals surface area contributed by atoms with Crippen molar-refractivity contribution in [2.45, 2.75) is 12.6 Å². The van der Waals surface area contributed by atoms with E-state index in [0.29, 0.717) is 43.2 Å². The van der Waals surface area contributed by atoms with Gasteiger partial charge in [0.15, 0.2) is 0 Å². The van der Waals surface area contributed by atoms with Gasteiger partial charge in [0, 0.05) is 38.8 Å². The van der Waals surface area contributed by atoms with E-state index < -0.39 is 6.04 Å². The summed E-state index contributed by atoms with van der Waals surface area (Å²) in [5, 5.41) is 0. The molecule has 2 aromatic carbocycles. The number of nitrogens with two attached hydrogens (primary N) is 1. The second kappa shape index (κ2) is 9.27. The molecule has 4 rings (SSSR count). The van der Waals surface area contributed by atoms with Crippen molar-refractivity contribution in [1.29, 1.82) is 0 Å². The van der Waals surface area contributed by atoms with Gasteiger partial charge in [-0.2, -0.15) is 0 Å². The molecule has 1 saturated heterocycles. The maximum atomic E-state index is 13.0. The minimum atomic E-state index is -0.749. The van der Waals surface area contributed by atoms with Crippen LogP contribution in [-0.2, 0) is 16.1 Å². The Morgan fingerprint density at radius 1 is 1.06 bits per heavy atom. The van der Waals surface area contributed by atoms with Crippen LogP contribution in [0.3, 0.4) is 0 Å². The fraction of sp³-hybridized carbons (Fsp3) is 0.348. The molecule has 0 bridgehead atoms. The van der Waals surface area contributed by atoms with Crippen molar-refractivity contribution in [1.82, 2.24) is 9.80 Å². The summed E-state index contributed by atoms with van der Waals surface area (Å²) >= 11 is 0. The lowest BCUT2D eigenvalue weighted by atomic mass is 10.1. The maximum absolute atomic E-state index is 13.0. The number of anilines is 1. The summed E-state index contributed by atoms with van der Waals surface area (Å²) in [5.74, 6) is 0.0757. The fourth-order valence-electron chi connectivity index (χ4n) is 3.74. The molecule has 3 amide bonds. The molecule has 32 heavy (non-hydrogen) atoms. The van der Waals surface area contributed by atoms with E-state index >= 15 is 0 Å². The summed E-state index contributed by atoms with van der Waals surface area (Å²) < 4.78 is 11.0. The van der Waals surface area contributed by atoms with Gasteiger partial charge in [0.1, 0.15) is 25.0 Å². The lowest BCUT2D eigenvalue weighted by Crippen LogP contribution is -2.50. The molecular weight excluding hydrogens is 412 g/mol. The van der Waals surface area contributed by atoms with Crippen LogP contribution in [0.5, 0.6) is 5.75 Å². The Labute approximate surface area is 186 Å². The number of benzene rings is 2. The van der Waals surface area contributed by atoms with Crippen LogP contribution in [-0.4, -0.2) is 73.6 Å². The lowest BCUT2D eigenvalue weighted by Gasteiger charge is -2.34. The SMILES string of the molecule is CN1C(=O)[C@@H](N)COc2ccc(C(=O)N3CCN(C(=O)OCc4ccccc4)CC3)cc21. The molecule has 0 unspecified atom stereocenters. The quantitative estimate of drug-likeness (QED) is 0.778. The number of likely N-dealkylation sites (N-methyl/N-ethyl adjacent to an activating group) is 1. The first kappa shape index (κ1) is 21.6. The van der Waals surface area contributed by atoms with Gasteiger partial charge < -0.3 is 29.9 Å². The molecule has 2 N–H and O–H groups in total. The van der Waals surface area contributed by atoms with Crippen molar-refractivity contribution in [3.63, 3.8) is 0 Å². The number of fused-ring (bicyclic) bond motifs is 1. The van der Waals surface area contributed by atoms with Crippen LogP contribution < -0.4 is 15.4 Å². The average Bonchev–Trinajstić information content (AvgIpc) is 2.94. The minimum absolute atomic E-state index is 0.0891. The summed E-state index contributed by atoms with van der Waals surface area (Å²) in [7, 11) is 1.61. The molecule has 9 nitrogen and oxygen atoms in total. The molecule has 168 valence electrons. The smallest absolute Gasteiger partial charge is 0.410 e. The van der Waals surface area contributed by atoms with Gasteiger partial charge in [-0.1, -0.05) is 30.3 Å². The molecular formula is C23H26N4O5. The van der Waals surface area contributed by atoms with Gasteiger partial charge in [-0.25, -0.2) is 4.79 Å². The summed E-state index contributed by atoms with van der Waals surface area (Å²) in [6, 6.07) is 13.7. The number of piperazine rings is 1. The van der Waals surface area contributed by atoms with Crippen molar-refractivity contribution in [3.05, 3.63) is 59.7 Å². The van der Waals surface area contributed by atoms with E-state index in [1.165, 1.54) is 4.90 Å². The van der Waals surface area contributed by atoms with Gasteiger partial charge in [0.2, 0.25) is 5.91 Å². The topological polar surface area (TPSA) is 105 Å². The molecule has 0 radical (unpaired) electrons. The standard InChI is InChI=1S/C23H26N4O5/c1-25-19-13-17(7-8-20(19)31-15-18(24)22(25)29)21(28)26-9-11-27(12-10-26)23(30)32-14-16-5-3-2-4-6-16/h2-8,13,18H,9-12,14-15,24H2,1H3/t18-/m0/s1. The number of carbonyl (C=O) groups excluding carboxylic acids is 3. The van der Waals surface area contributed by atoms with Crippen LogP contribution in [0.1, 0.15) is 15.9 Å². The van der Waals surface area contributed by atoms with Crippen LogP contribution in [0.4, 0.5) is 10.5 Å². The first-order valence-electron chi connectivity index (χ1n) is 10.5. The first-order valence-corrected chi connectivity index (χ1v) is 10.5. The Morgan fingerprint density at radius 3 is 2.47 bits per heavy atom. The summed E-state index contributed by atoms with van der Waals surface area (Å²) in [6.07, 6.45) is -0.389. The second-order valence-electron chi connectivity index (χ2n) is 7.82. The number of nitrogens with zero attached hydrogens (tertiary/aromatic N) is 3. The Bertz CT molecular complexity index is 1000. The van der Waals surface area contributed by atoms with Gasteiger partial charge in [0.05, 0.1) is 5.69 Å². The van der Waals surface area contributed by atoms with Crippen molar-refractivity contribution in [2.75, 3.05) is 44.7 Å². The average molecular weight is 438 g/mol. The van der Waals surface area contributed by atoms with Crippen molar-refractivity contribution >= 4 is 23.6 Å². The Hall–Kier alpha value is -3.59. The van der Waals surface area contributed by atoms with Crippen molar-refractivity contribution in [3.8, 4) is 5.75 Å². The second-order valence-corrected chi connectivity index (χ2v) is 7.82. The van der Waals surface area contributed by atoms with Crippen LogP contribution in [0.2, 0.25) is 0 Å². The van der Waals surface area contributed by atoms with Crippen molar-refractivity contribution < 1.29 is 23.9 Å². The predicted molar refractivity (Wildman–Crippen MR) is 117 cm³/mol. The molecule has 0 aliphatic carbocycles. The van der Waals surface area contributed by atoms with E-state index in [-0.39, 0.29) is 31.1 Å². The minimum Gasteiger partial charge on any atom is -0.489 e. The van der Waals surface area contributed by atoms with Crippen LogP contribution in [0.25, 0.3) is 0 Å². The molecule has 0 spiro atoms. The van der Waals surface area contributed by atoms with Crippen LogP contribution in [0.15, 0.2) is 48.5 Å². The van der Waals surface area contributed by atoms with Crippen molar-refractivity contribution in [2.24, 2.45) is 5.73 Å². The van der Waals surface area contributed by atoms with E-state index in [2.05, 4.69) is 0 Å². The van der Waals surface area contributed by atoms with E-state index in [9.17, 15) is 14.4 Å². The molecule has 0 saturated carbocycles. The number of amides is 3. The lowest BCUT2D eigenvalue weighted by molar-refractivity contribution is -0.119. The normalized spacial score (nSPS) is 18.5. The highest BCUT2D eigenvalue weighted by atomic mass is 16.6. The molecule has 0 aromatic heterocycles. The van der Waals surface area contributed by atoms with Gasteiger partial charge in [-0.3, -0.25) is 9.59 Å². The van der Waals surface area contributed by atoms with E-state index in [1.807, 2.05) is 30.3 Å². The summed E-state index contributed by atoms with van der Waals surface area (Å²) in [6.45, 7) is 1.87. The Balaban J connectivity index is 1.35. The third-order valence-corrected chi connectivity index (χ3v) is 5.66. The molecule has 2 heterocycles. The molecule has 9 heteroatoms. The fourth-order valence-corrected chi connectivity index (χ4v) is 3.74. The van der Waals surface area contributed by atoms with E-state index in [0.717, 1.165) is 5.56 Å². The largest absolute Gasteiger partial charge is 0.489 e. The molecule has 1 atom stereocenters. The zero-order valence-corrected chi connectivity index (χ0v) is 17.9. The summed E-state index contributed by atoms with van der Waals surface area (Å²) in [5.41, 5.74) is 7.70. The van der Waals surface area contributed by atoms with E-state index in [4.69, 9.17) is 15.2 Å². The third kappa shape index (κ3) is 4.52. The van der Waals surface area contributed by atoms with Gasteiger partial charge >= 0.3 is 6.09 Å². The van der Waals surface area contributed by atoms with Crippen LogP contribution in [0, 0.1) is 0 Å². The number of ether oxygens (including phenoxy) is 2. The van der Waals surface area contributed by atoms with Gasteiger partial charge in [0.25, 0.3) is 5.91 Å². The highest BCUT2D eigenvalue weighted by molar-refractivity contribution is 6.01. The van der Waals surface area contributed by atoms with Gasteiger partial charge in [-0.15, -0.1) is 0 Å². The summed E-state index contributed by atoms with van der Waals surface area (Å²) in [4.78, 5) is 42.4. The van der Waals surface area contributed by atoms with Crippen LogP contribution >= 0.6 is 0 Å². The molecule has 2 aromatic rings.